The third kappa shape index (κ3) is 1.44. The highest BCUT2D eigenvalue weighted by molar-refractivity contribution is 5.79. The minimum absolute atomic E-state index is 0.0748. The molecule has 0 saturated heterocycles. The standard InChI is InChI=1S/C9H17N3O/c1-12(2)3-7(13)11-9-4-8(10,5-9)6-9/h3-6,10H2,1-2H3,(H,11,13). The molecule has 4 heteroatoms. The molecule has 0 unspecified atom stereocenters. The molecule has 0 spiro atoms. The number of carbonyl (C=O) groups excluding carboxylic acids is 1. The number of nitrogens with zero attached hydrogens (tertiary/aromatic N) is 1. The molecule has 0 heterocycles. The van der Waals surface area contributed by atoms with Crippen molar-refractivity contribution in [1.82, 2.24) is 10.2 Å². The molecule has 3 N–H and O–H groups in total. The molecule has 0 aliphatic heterocycles. The van der Waals surface area contributed by atoms with Gasteiger partial charge in [0.1, 0.15) is 0 Å². The van der Waals surface area contributed by atoms with Crippen LogP contribution in [0.5, 0.6) is 0 Å². The van der Waals surface area contributed by atoms with Crippen LogP contribution in [0, 0.1) is 0 Å². The highest BCUT2D eigenvalue weighted by atomic mass is 16.2. The van der Waals surface area contributed by atoms with E-state index in [2.05, 4.69) is 5.32 Å². The van der Waals surface area contributed by atoms with Gasteiger partial charge in [-0.25, -0.2) is 0 Å². The average Bonchev–Trinajstić information content (AvgIpc) is 1.79. The lowest BCUT2D eigenvalue weighted by Crippen LogP contribution is -2.82. The van der Waals surface area contributed by atoms with Crippen LogP contribution in [-0.4, -0.2) is 42.5 Å². The summed E-state index contributed by atoms with van der Waals surface area (Å²) in [6.07, 6.45) is 2.91. The topological polar surface area (TPSA) is 58.4 Å². The van der Waals surface area contributed by atoms with Gasteiger partial charge in [-0.05, 0) is 33.4 Å². The van der Waals surface area contributed by atoms with Crippen LogP contribution >= 0.6 is 0 Å². The number of carbonyl (C=O) groups is 1. The summed E-state index contributed by atoms with van der Waals surface area (Å²) in [6, 6.07) is 0. The fourth-order valence-electron chi connectivity index (χ4n) is 2.62. The van der Waals surface area contributed by atoms with Crippen molar-refractivity contribution in [2.24, 2.45) is 5.73 Å². The van der Waals surface area contributed by atoms with E-state index in [1.54, 1.807) is 0 Å². The Morgan fingerprint density at radius 1 is 1.46 bits per heavy atom. The Morgan fingerprint density at radius 2 is 2.00 bits per heavy atom. The Labute approximate surface area is 78.5 Å². The third-order valence-electron chi connectivity index (χ3n) is 2.94. The molecule has 3 aliphatic rings. The maximum Gasteiger partial charge on any atom is 0.234 e. The molecule has 2 bridgehead atoms. The average molecular weight is 183 g/mol. The summed E-state index contributed by atoms with van der Waals surface area (Å²) in [7, 11) is 3.79. The smallest absolute Gasteiger partial charge is 0.234 e. The zero-order valence-corrected chi connectivity index (χ0v) is 8.26. The second-order valence-electron chi connectivity index (χ2n) is 4.96. The van der Waals surface area contributed by atoms with Crippen molar-refractivity contribution in [3.63, 3.8) is 0 Å². The Morgan fingerprint density at radius 3 is 2.38 bits per heavy atom. The summed E-state index contributed by atoms with van der Waals surface area (Å²) >= 11 is 0. The van der Waals surface area contributed by atoms with E-state index >= 15 is 0 Å². The lowest BCUT2D eigenvalue weighted by atomic mass is 9.44. The second-order valence-corrected chi connectivity index (χ2v) is 4.96. The van der Waals surface area contributed by atoms with Crippen LogP contribution < -0.4 is 11.1 Å². The summed E-state index contributed by atoms with van der Waals surface area (Å²) in [6.45, 7) is 0.472. The molecule has 3 fully saturated rings. The van der Waals surface area contributed by atoms with E-state index in [4.69, 9.17) is 5.73 Å². The molecule has 0 atom stereocenters. The molecular formula is C9H17N3O. The molecule has 0 radical (unpaired) electrons. The molecule has 4 nitrogen and oxygen atoms in total. The molecule has 0 aromatic heterocycles. The van der Waals surface area contributed by atoms with Crippen molar-refractivity contribution in [2.45, 2.75) is 30.3 Å². The van der Waals surface area contributed by atoms with Crippen LogP contribution in [0.3, 0.4) is 0 Å². The van der Waals surface area contributed by atoms with Gasteiger partial charge in [-0.15, -0.1) is 0 Å². The van der Waals surface area contributed by atoms with Crippen molar-refractivity contribution in [1.29, 1.82) is 0 Å². The van der Waals surface area contributed by atoms with Gasteiger partial charge in [-0.1, -0.05) is 0 Å². The van der Waals surface area contributed by atoms with Crippen molar-refractivity contribution in [3.8, 4) is 0 Å². The summed E-state index contributed by atoms with van der Waals surface area (Å²) in [5.74, 6) is 0.117. The quantitative estimate of drug-likeness (QED) is 0.608. The highest BCUT2D eigenvalue weighted by Gasteiger charge is 2.66. The van der Waals surface area contributed by atoms with Crippen molar-refractivity contribution >= 4 is 5.91 Å². The zero-order chi connectivity index (χ0) is 9.69. The van der Waals surface area contributed by atoms with E-state index in [0.717, 1.165) is 19.3 Å². The number of nitrogens with two attached hydrogens (primary N) is 1. The van der Waals surface area contributed by atoms with Gasteiger partial charge in [0.25, 0.3) is 0 Å². The fraction of sp³-hybridized carbons (Fsp3) is 0.889. The number of hydrogen-bond donors (Lipinski definition) is 2. The van der Waals surface area contributed by atoms with E-state index in [1.807, 2.05) is 19.0 Å². The molecule has 3 rings (SSSR count). The minimum Gasteiger partial charge on any atom is -0.349 e. The fourth-order valence-corrected chi connectivity index (χ4v) is 2.62. The first-order chi connectivity index (χ1) is 5.93. The number of nitrogens with one attached hydrogen (secondary N) is 1. The lowest BCUT2D eigenvalue weighted by Gasteiger charge is -2.68. The van der Waals surface area contributed by atoms with Gasteiger partial charge in [0, 0.05) is 11.1 Å². The Hall–Kier alpha value is -0.610. The van der Waals surface area contributed by atoms with Crippen LogP contribution in [-0.2, 0) is 4.79 Å². The van der Waals surface area contributed by atoms with Crippen molar-refractivity contribution in [2.75, 3.05) is 20.6 Å². The first-order valence-corrected chi connectivity index (χ1v) is 4.68. The normalized spacial score (nSPS) is 40.9. The van der Waals surface area contributed by atoms with Gasteiger partial charge in [0.2, 0.25) is 5.91 Å². The van der Waals surface area contributed by atoms with Crippen LogP contribution in [0.25, 0.3) is 0 Å². The van der Waals surface area contributed by atoms with Crippen LogP contribution in [0.2, 0.25) is 0 Å². The number of rotatable bonds is 3. The van der Waals surface area contributed by atoms with Gasteiger partial charge >= 0.3 is 0 Å². The molecule has 3 saturated carbocycles. The largest absolute Gasteiger partial charge is 0.349 e. The molecule has 74 valence electrons. The van der Waals surface area contributed by atoms with Gasteiger partial charge in [-0.3, -0.25) is 4.79 Å². The number of amides is 1. The third-order valence-corrected chi connectivity index (χ3v) is 2.94. The first kappa shape index (κ1) is 8.97. The minimum atomic E-state index is 0.0748. The SMILES string of the molecule is CN(C)CC(=O)NC12CC(N)(C1)C2. The molecule has 1 amide bonds. The van der Waals surface area contributed by atoms with Crippen molar-refractivity contribution < 1.29 is 4.79 Å². The maximum atomic E-state index is 11.4. The van der Waals surface area contributed by atoms with E-state index in [-0.39, 0.29) is 17.0 Å². The van der Waals surface area contributed by atoms with Crippen LogP contribution in [0.1, 0.15) is 19.3 Å². The highest BCUT2D eigenvalue weighted by Crippen LogP contribution is 2.58. The van der Waals surface area contributed by atoms with Gasteiger partial charge in [-0.2, -0.15) is 0 Å². The van der Waals surface area contributed by atoms with Gasteiger partial charge in [0.15, 0.2) is 0 Å². The molecule has 3 aliphatic carbocycles. The predicted octanol–water partition coefficient (Wildman–Crippen LogP) is -0.702. The van der Waals surface area contributed by atoms with Crippen molar-refractivity contribution in [3.05, 3.63) is 0 Å². The number of likely N-dealkylation sites (N-methyl/N-ethyl adjacent to an activating group) is 1. The van der Waals surface area contributed by atoms with E-state index in [1.165, 1.54) is 0 Å². The molecule has 0 aromatic carbocycles. The maximum absolute atomic E-state index is 11.4. The Balaban J connectivity index is 1.77. The summed E-state index contributed by atoms with van der Waals surface area (Å²) in [4.78, 5) is 13.3. The Kier molecular flexibility index (Phi) is 1.69. The predicted molar refractivity (Wildman–Crippen MR) is 50.2 cm³/mol. The summed E-state index contributed by atoms with van der Waals surface area (Å²) in [5, 5.41) is 3.05. The molecule has 0 aromatic rings. The van der Waals surface area contributed by atoms with Gasteiger partial charge in [0.05, 0.1) is 6.54 Å². The van der Waals surface area contributed by atoms with Crippen LogP contribution in [0.4, 0.5) is 0 Å². The van der Waals surface area contributed by atoms with E-state index < -0.39 is 0 Å². The summed E-state index contributed by atoms with van der Waals surface area (Å²) in [5.41, 5.74) is 6.05. The summed E-state index contributed by atoms with van der Waals surface area (Å²) < 4.78 is 0. The molecule has 13 heavy (non-hydrogen) atoms. The molecular weight excluding hydrogens is 166 g/mol. The van der Waals surface area contributed by atoms with E-state index in [9.17, 15) is 4.79 Å². The van der Waals surface area contributed by atoms with Gasteiger partial charge < -0.3 is 16.0 Å². The zero-order valence-electron chi connectivity index (χ0n) is 8.26. The number of hydrogen-bond acceptors (Lipinski definition) is 3. The lowest BCUT2D eigenvalue weighted by molar-refractivity contribution is -0.136. The first-order valence-electron chi connectivity index (χ1n) is 4.68. The van der Waals surface area contributed by atoms with Crippen LogP contribution in [0.15, 0.2) is 0 Å². The monoisotopic (exact) mass is 183 g/mol. The second kappa shape index (κ2) is 2.45. The van der Waals surface area contributed by atoms with E-state index in [0.29, 0.717) is 6.54 Å². The Bertz CT molecular complexity index is 229.